The molecule has 0 N–H and O–H groups in total. The maximum atomic E-state index is 12.2. The van der Waals surface area contributed by atoms with Crippen molar-refractivity contribution in [3.8, 4) is 0 Å². The summed E-state index contributed by atoms with van der Waals surface area (Å²) in [6.45, 7) is 0.255. The van der Waals surface area contributed by atoms with Crippen molar-refractivity contribution in [3.63, 3.8) is 0 Å². The zero-order valence-corrected chi connectivity index (χ0v) is 8.62. The van der Waals surface area contributed by atoms with Gasteiger partial charge in [-0.05, 0) is 12.5 Å². The summed E-state index contributed by atoms with van der Waals surface area (Å²) < 4.78 is 42.0. The highest BCUT2D eigenvalue weighted by Gasteiger charge is 2.33. The van der Waals surface area contributed by atoms with Gasteiger partial charge in [0.15, 0.2) is 5.69 Å². The predicted molar refractivity (Wildman–Crippen MR) is 48.5 cm³/mol. The van der Waals surface area contributed by atoms with E-state index in [1.54, 1.807) is 0 Å². The predicted octanol–water partition coefficient (Wildman–Crippen LogP) is 1.86. The summed E-state index contributed by atoms with van der Waals surface area (Å²) in [5.74, 6) is -0.386. The lowest BCUT2D eigenvalue weighted by molar-refractivity contribution is -0.142. The third-order valence-corrected chi connectivity index (χ3v) is 1.93. The Morgan fingerprint density at radius 1 is 1.56 bits per heavy atom. The molecule has 0 aliphatic heterocycles. The van der Waals surface area contributed by atoms with E-state index in [1.807, 2.05) is 0 Å². The van der Waals surface area contributed by atoms with Crippen LogP contribution in [0.2, 0.25) is 0 Å². The van der Waals surface area contributed by atoms with Gasteiger partial charge in [-0.3, -0.25) is 9.48 Å². The fraction of sp³-hybridized carbons (Fsp3) is 0.556. The van der Waals surface area contributed by atoms with Gasteiger partial charge in [0.2, 0.25) is 0 Å². The lowest BCUT2D eigenvalue weighted by Gasteiger charge is -2.02. The molecule has 16 heavy (non-hydrogen) atoms. The molecule has 1 aromatic rings. The number of esters is 1. The topological polar surface area (TPSA) is 44.1 Å². The van der Waals surface area contributed by atoms with Crippen molar-refractivity contribution < 1.29 is 22.7 Å². The van der Waals surface area contributed by atoms with Crippen LogP contribution in [0.4, 0.5) is 13.2 Å². The molecule has 1 heterocycles. The average Bonchev–Trinajstić information content (AvgIpc) is 2.65. The van der Waals surface area contributed by atoms with Gasteiger partial charge in [0.1, 0.15) is 0 Å². The molecule has 0 aromatic carbocycles. The minimum atomic E-state index is -4.42. The Balaban J connectivity index is 2.44. The van der Waals surface area contributed by atoms with E-state index in [9.17, 15) is 18.0 Å². The second-order valence-electron chi connectivity index (χ2n) is 3.14. The van der Waals surface area contributed by atoms with Gasteiger partial charge < -0.3 is 4.74 Å². The van der Waals surface area contributed by atoms with Crippen molar-refractivity contribution in [2.75, 3.05) is 7.11 Å². The molecular formula is C9H11F3N2O2. The van der Waals surface area contributed by atoms with Crippen molar-refractivity contribution in [1.82, 2.24) is 9.78 Å². The Morgan fingerprint density at radius 3 is 2.75 bits per heavy atom. The molecule has 0 atom stereocenters. The van der Waals surface area contributed by atoms with Crippen molar-refractivity contribution in [3.05, 3.63) is 18.0 Å². The summed E-state index contributed by atoms with van der Waals surface area (Å²) in [5.41, 5.74) is -0.925. The van der Waals surface area contributed by atoms with E-state index >= 15 is 0 Å². The monoisotopic (exact) mass is 236 g/mol. The second-order valence-corrected chi connectivity index (χ2v) is 3.14. The van der Waals surface area contributed by atoms with Crippen molar-refractivity contribution in [2.24, 2.45) is 0 Å². The van der Waals surface area contributed by atoms with Crippen LogP contribution in [-0.4, -0.2) is 22.9 Å². The Morgan fingerprint density at radius 2 is 2.25 bits per heavy atom. The number of methoxy groups -OCH3 is 1. The van der Waals surface area contributed by atoms with Gasteiger partial charge in [0.05, 0.1) is 7.11 Å². The molecule has 1 aromatic heterocycles. The maximum absolute atomic E-state index is 12.2. The van der Waals surface area contributed by atoms with Gasteiger partial charge in [-0.15, -0.1) is 0 Å². The Bertz CT molecular complexity index is 360. The summed E-state index contributed by atoms with van der Waals surface area (Å²) in [7, 11) is 1.26. The SMILES string of the molecule is COC(=O)CCCn1ccc(C(F)(F)F)n1. The fourth-order valence-corrected chi connectivity index (χ4v) is 1.12. The first kappa shape index (κ1) is 12.5. The smallest absolute Gasteiger partial charge is 0.435 e. The second kappa shape index (κ2) is 5.00. The Labute approximate surface area is 90.0 Å². The first-order valence-electron chi connectivity index (χ1n) is 4.61. The van der Waals surface area contributed by atoms with Crippen LogP contribution in [0.3, 0.4) is 0 Å². The largest absolute Gasteiger partial charge is 0.469 e. The van der Waals surface area contributed by atoms with Crippen LogP contribution in [0.25, 0.3) is 0 Å². The number of halogens is 3. The molecule has 0 aliphatic rings. The van der Waals surface area contributed by atoms with E-state index in [0.717, 1.165) is 10.7 Å². The van der Waals surface area contributed by atoms with E-state index in [1.165, 1.54) is 13.3 Å². The number of hydrogen-bond donors (Lipinski definition) is 0. The number of rotatable bonds is 4. The minimum absolute atomic E-state index is 0.164. The van der Waals surface area contributed by atoms with Gasteiger partial charge in [-0.25, -0.2) is 0 Å². The fourth-order valence-electron chi connectivity index (χ4n) is 1.12. The Kier molecular flexibility index (Phi) is 3.92. The summed E-state index contributed by atoms with van der Waals surface area (Å²) in [4.78, 5) is 10.7. The number of carbonyl (C=O) groups is 1. The summed E-state index contributed by atoms with van der Waals surface area (Å²) in [6.07, 6.45) is -2.63. The Hall–Kier alpha value is -1.53. The van der Waals surface area contributed by atoms with Gasteiger partial charge in [-0.1, -0.05) is 0 Å². The van der Waals surface area contributed by atoms with Crippen LogP contribution >= 0.6 is 0 Å². The lowest BCUT2D eigenvalue weighted by Crippen LogP contribution is -2.09. The highest BCUT2D eigenvalue weighted by Crippen LogP contribution is 2.27. The molecular weight excluding hydrogens is 225 g/mol. The standard InChI is InChI=1S/C9H11F3N2O2/c1-16-8(15)3-2-5-14-6-4-7(13-14)9(10,11)12/h4,6H,2-3,5H2,1H3. The molecule has 0 amide bonds. The van der Waals surface area contributed by atoms with Crippen molar-refractivity contribution in [1.29, 1.82) is 0 Å². The number of nitrogens with zero attached hydrogens (tertiary/aromatic N) is 2. The molecule has 90 valence electrons. The molecule has 0 saturated carbocycles. The van der Waals surface area contributed by atoms with Gasteiger partial charge in [-0.2, -0.15) is 18.3 Å². The highest BCUT2D eigenvalue weighted by molar-refractivity contribution is 5.68. The van der Waals surface area contributed by atoms with E-state index in [2.05, 4.69) is 9.84 Å². The van der Waals surface area contributed by atoms with Crippen LogP contribution < -0.4 is 0 Å². The lowest BCUT2D eigenvalue weighted by atomic mass is 10.3. The number of aromatic nitrogens is 2. The summed E-state index contributed by atoms with van der Waals surface area (Å²) in [5, 5.41) is 3.34. The van der Waals surface area contributed by atoms with Crippen molar-refractivity contribution in [2.45, 2.75) is 25.6 Å². The minimum Gasteiger partial charge on any atom is -0.469 e. The number of ether oxygens (including phenoxy) is 1. The molecule has 7 heteroatoms. The number of alkyl halides is 3. The van der Waals surface area contributed by atoms with Crippen LogP contribution in [0.1, 0.15) is 18.5 Å². The molecule has 0 radical (unpaired) electrons. The molecule has 0 saturated heterocycles. The maximum Gasteiger partial charge on any atom is 0.435 e. The van der Waals surface area contributed by atoms with Crippen LogP contribution in [0, 0.1) is 0 Å². The van der Waals surface area contributed by atoms with E-state index in [0.29, 0.717) is 6.42 Å². The average molecular weight is 236 g/mol. The molecule has 0 unspecified atom stereocenters. The molecule has 1 rings (SSSR count). The first-order chi connectivity index (χ1) is 7.43. The zero-order chi connectivity index (χ0) is 12.2. The van der Waals surface area contributed by atoms with Gasteiger partial charge in [0.25, 0.3) is 0 Å². The van der Waals surface area contributed by atoms with Crippen LogP contribution in [-0.2, 0) is 22.3 Å². The molecule has 0 bridgehead atoms. The van der Waals surface area contributed by atoms with Crippen LogP contribution in [0.15, 0.2) is 12.3 Å². The quantitative estimate of drug-likeness (QED) is 0.749. The zero-order valence-electron chi connectivity index (χ0n) is 8.62. The van der Waals surface area contributed by atoms with Gasteiger partial charge >= 0.3 is 12.1 Å². The summed E-state index contributed by atoms with van der Waals surface area (Å²) in [6, 6.07) is 0.901. The first-order valence-corrected chi connectivity index (χ1v) is 4.61. The van der Waals surface area contributed by atoms with Gasteiger partial charge in [0, 0.05) is 19.2 Å². The van der Waals surface area contributed by atoms with E-state index < -0.39 is 11.9 Å². The van der Waals surface area contributed by atoms with Crippen LogP contribution in [0.5, 0.6) is 0 Å². The molecule has 4 nitrogen and oxygen atoms in total. The van der Waals surface area contributed by atoms with E-state index in [4.69, 9.17) is 0 Å². The molecule has 0 fully saturated rings. The van der Waals surface area contributed by atoms with Crippen molar-refractivity contribution >= 4 is 5.97 Å². The third-order valence-electron chi connectivity index (χ3n) is 1.93. The molecule has 0 spiro atoms. The normalized spacial score (nSPS) is 11.5. The number of carbonyl (C=O) groups excluding carboxylic acids is 1. The highest BCUT2D eigenvalue weighted by atomic mass is 19.4. The number of aryl methyl sites for hydroxylation is 1. The summed E-state index contributed by atoms with van der Waals surface area (Å²) >= 11 is 0. The number of hydrogen-bond acceptors (Lipinski definition) is 3. The molecule has 0 aliphatic carbocycles. The van der Waals surface area contributed by atoms with E-state index in [-0.39, 0.29) is 18.9 Å². The third kappa shape index (κ3) is 3.56.